The Hall–Kier alpha value is -1.85. The molecule has 1 saturated heterocycles. The highest BCUT2D eigenvalue weighted by Gasteiger charge is 2.36. The molecule has 1 aliphatic rings. The summed E-state index contributed by atoms with van der Waals surface area (Å²) in [7, 11) is 1.79. The Morgan fingerprint density at radius 2 is 2.13 bits per heavy atom. The van der Waals surface area contributed by atoms with Gasteiger partial charge in [0.1, 0.15) is 0 Å². The quantitative estimate of drug-likeness (QED) is 0.935. The molecule has 3 rings (SSSR count). The normalized spacial score (nSPS) is 17.0. The summed E-state index contributed by atoms with van der Waals surface area (Å²) in [5.41, 5.74) is 1.46. The molecular weight excluding hydrogens is 314 g/mol. The molecule has 122 valence electrons. The fourth-order valence-corrected chi connectivity index (χ4v) is 3.42. The number of ether oxygens (including phenoxy) is 1. The zero-order valence-corrected chi connectivity index (χ0v) is 13.8. The Morgan fingerprint density at radius 3 is 2.78 bits per heavy atom. The fourth-order valence-electron chi connectivity index (χ4n) is 3.08. The summed E-state index contributed by atoms with van der Waals surface area (Å²) in [6, 6.07) is 7.86. The van der Waals surface area contributed by atoms with Crippen LogP contribution in [0.25, 0.3) is 0 Å². The largest absolute Gasteiger partial charge is 0.381 e. The van der Waals surface area contributed by atoms with Crippen LogP contribution in [0.1, 0.15) is 28.8 Å². The van der Waals surface area contributed by atoms with Gasteiger partial charge in [0.2, 0.25) is 0 Å². The molecule has 2 aromatic rings. The molecule has 1 amide bonds. The van der Waals surface area contributed by atoms with Gasteiger partial charge in [-0.3, -0.25) is 9.48 Å². The van der Waals surface area contributed by atoms with E-state index in [1.807, 2.05) is 24.3 Å². The van der Waals surface area contributed by atoms with Crippen molar-refractivity contribution >= 4 is 17.5 Å². The third-order valence-corrected chi connectivity index (χ3v) is 4.78. The molecule has 0 spiro atoms. The van der Waals surface area contributed by atoms with Crippen molar-refractivity contribution < 1.29 is 9.53 Å². The molecule has 1 fully saturated rings. The number of nitrogens with zero attached hydrogens (tertiary/aromatic N) is 2. The third-order valence-electron chi connectivity index (χ3n) is 4.45. The van der Waals surface area contributed by atoms with Gasteiger partial charge in [0.05, 0.1) is 11.8 Å². The van der Waals surface area contributed by atoms with Crippen molar-refractivity contribution in [3.05, 3.63) is 52.8 Å². The van der Waals surface area contributed by atoms with Crippen LogP contribution >= 0.6 is 11.6 Å². The van der Waals surface area contributed by atoms with Crippen molar-refractivity contribution in [3.63, 3.8) is 0 Å². The van der Waals surface area contributed by atoms with E-state index in [4.69, 9.17) is 16.3 Å². The number of aromatic nitrogens is 2. The van der Waals surface area contributed by atoms with Crippen molar-refractivity contribution in [2.24, 2.45) is 7.05 Å². The van der Waals surface area contributed by atoms with E-state index < -0.39 is 0 Å². The Kier molecular flexibility index (Phi) is 4.68. The molecule has 1 aromatic carbocycles. The molecule has 0 unspecified atom stereocenters. The van der Waals surface area contributed by atoms with Crippen LogP contribution in [-0.2, 0) is 17.2 Å². The van der Waals surface area contributed by atoms with Gasteiger partial charge in [0, 0.05) is 43.4 Å². The van der Waals surface area contributed by atoms with E-state index in [9.17, 15) is 4.79 Å². The number of halogens is 1. The molecule has 0 aliphatic carbocycles. The molecule has 5 nitrogen and oxygen atoms in total. The van der Waals surface area contributed by atoms with Crippen molar-refractivity contribution in [2.75, 3.05) is 19.8 Å². The minimum absolute atomic E-state index is 0.115. The zero-order chi connectivity index (χ0) is 16.3. The fraction of sp³-hybridized carbons (Fsp3) is 0.412. The van der Waals surface area contributed by atoms with Gasteiger partial charge in [0.15, 0.2) is 0 Å². The summed E-state index contributed by atoms with van der Waals surface area (Å²) in [6.45, 7) is 1.88. The van der Waals surface area contributed by atoms with Gasteiger partial charge >= 0.3 is 0 Å². The Labute approximate surface area is 140 Å². The van der Waals surface area contributed by atoms with Crippen molar-refractivity contribution in [1.29, 1.82) is 0 Å². The molecule has 23 heavy (non-hydrogen) atoms. The van der Waals surface area contributed by atoms with Crippen LogP contribution in [0, 0.1) is 0 Å². The summed E-state index contributed by atoms with van der Waals surface area (Å²) in [6.07, 6.45) is 4.96. The molecule has 1 aliphatic heterocycles. The second-order valence-electron chi connectivity index (χ2n) is 5.96. The maximum absolute atomic E-state index is 12.3. The minimum atomic E-state index is -0.186. The average molecular weight is 334 g/mol. The lowest BCUT2D eigenvalue weighted by Gasteiger charge is -2.38. The van der Waals surface area contributed by atoms with Crippen LogP contribution in [0.4, 0.5) is 0 Å². The first-order chi connectivity index (χ1) is 11.1. The monoisotopic (exact) mass is 333 g/mol. The third kappa shape index (κ3) is 3.41. The molecule has 0 atom stereocenters. The number of rotatable bonds is 4. The van der Waals surface area contributed by atoms with Crippen molar-refractivity contribution in [1.82, 2.24) is 15.1 Å². The Bertz CT molecular complexity index is 693. The van der Waals surface area contributed by atoms with E-state index >= 15 is 0 Å². The summed E-state index contributed by atoms with van der Waals surface area (Å²) < 4.78 is 7.13. The Morgan fingerprint density at radius 1 is 1.39 bits per heavy atom. The molecule has 1 N–H and O–H groups in total. The molecule has 6 heteroatoms. The lowest BCUT2D eigenvalue weighted by Crippen LogP contribution is -2.44. The second kappa shape index (κ2) is 6.72. The van der Waals surface area contributed by atoms with Crippen LogP contribution < -0.4 is 5.32 Å². The second-order valence-corrected chi connectivity index (χ2v) is 6.37. The van der Waals surface area contributed by atoms with Gasteiger partial charge in [0.25, 0.3) is 5.91 Å². The minimum Gasteiger partial charge on any atom is -0.381 e. The van der Waals surface area contributed by atoms with E-state index in [-0.39, 0.29) is 11.3 Å². The lowest BCUT2D eigenvalue weighted by molar-refractivity contribution is 0.0487. The smallest absolute Gasteiger partial charge is 0.254 e. The number of nitrogens with one attached hydrogen (secondary N) is 1. The van der Waals surface area contributed by atoms with Crippen molar-refractivity contribution in [3.8, 4) is 0 Å². The molecule has 0 radical (unpaired) electrons. The predicted octanol–water partition coefficient (Wildman–Crippen LogP) is 2.55. The summed E-state index contributed by atoms with van der Waals surface area (Å²) >= 11 is 6.42. The standard InChI is InChI=1S/C17H20ClN3O2/c1-21-11-13(10-20-21)16(22)19-12-17(6-8-23-9-7-17)14-4-2-3-5-15(14)18/h2-5,10-11H,6-9,12H2,1H3,(H,19,22). The van der Waals surface area contributed by atoms with Gasteiger partial charge in [-0.15, -0.1) is 0 Å². The van der Waals surface area contributed by atoms with Crippen LogP contribution in [0.15, 0.2) is 36.7 Å². The summed E-state index contributed by atoms with van der Waals surface area (Å²) in [5, 5.41) is 7.82. The average Bonchev–Trinajstić information content (AvgIpc) is 3.00. The maximum atomic E-state index is 12.3. The highest BCUT2D eigenvalue weighted by molar-refractivity contribution is 6.31. The number of aryl methyl sites for hydroxylation is 1. The van der Waals surface area contributed by atoms with Gasteiger partial charge in [-0.2, -0.15) is 5.10 Å². The molecular formula is C17H20ClN3O2. The highest BCUT2D eigenvalue weighted by Crippen LogP contribution is 2.38. The summed E-state index contributed by atoms with van der Waals surface area (Å²) in [4.78, 5) is 12.3. The van der Waals surface area contributed by atoms with E-state index in [0.29, 0.717) is 25.3 Å². The number of benzene rings is 1. The SMILES string of the molecule is Cn1cc(C(=O)NCC2(c3ccccc3Cl)CCOCC2)cn1. The summed E-state index contributed by atoms with van der Waals surface area (Å²) in [5.74, 6) is -0.115. The lowest BCUT2D eigenvalue weighted by atomic mass is 9.74. The topological polar surface area (TPSA) is 56.2 Å². The van der Waals surface area contributed by atoms with Crippen LogP contribution in [-0.4, -0.2) is 35.4 Å². The van der Waals surface area contributed by atoms with Gasteiger partial charge in [-0.1, -0.05) is 29.8 Å². The van der Waals surface area contributed by atoms with E-state index in [2.05, 4.69) is 10.4 Å². The number of hydrogen-bond donors (Lipinski definition) is 1. The maximum Gasteiger partial charge on any atom is 0.254 e. The zero-order valence-electron chi connectivity index (χ0n) is 13.1. The Balaban J connectivity index is 1.80. The van der Waals surface area contributed by atoms with Crippen LogP contribution in [0.5, 0.6) is 0 Å². The number of hydrogen-bond acceptors (Lipinski definition) is 3. The highest BCUT2D eigenvalue weighted by atomic mass is 35.5. The van der Waals surface area contributed by atoms with Crippen LogP contribution in [0.2, 0.25) is 5.02 Å². The van der Waals surface area contributed by atoms with E-state index in [1.54, 1.807) is 24.1 Å². The molecule has 0 bridgehead atoms. The van der Waals surface area contributed by atoms with Crippen LogP contribution in [0.3, 0.4) is 0 Å². The number of carbonyl (C=O) groups is 1. The van der Waals surface area contributed by atoms with Gasteiger partial charge < -0.3 is 10.1 Å². The first-order valence-electron chi connectivity index (χ1n) is 7.70. The van der Waals surface area contributed by atoms with E-state index in [1.165, 1.54) is 0 Å². The first-order valence-corrected chi connectivity index (χ1v) is 8.08. The first kappa shape index (κ1) is 16.0. The number of amides is 1. The van der Waals surface area contributed by atoms with E-state index in [0.717, 1.165) is 23.4 Å². The molecule has 2 heterocycles. The van der Waals surface area contributed by atoms with Gasteiger partial charge in [-0.05, 0) is 24.5 Å². The van der Waals surface area contributed by atoms with Crippen molar-refractivity contribution in [2.45, 2.75) is 18.3 Å². The van der Waals surface area contributed by atoms with Gasteiger partial charge in [-0.25, -0.2) is 0 Å². The predicted molar refractivity (Wildman–Crippen MR) is 88.7 cm³/mol. The molecule has 1 aromatic heterocycles. The number of carbonyl (C=O) groups excluding carboxylic acids is 1. The molecule has 0 saturated carbocycles.